The summed E-state index contributed by atoms with van der Waals surface area (Å²) >= 11 is 0. The highest BCUT2D eigenvalue weighted by molar-refractivity contribution is 6.02. The molecule has 0 radical (unpaired) electrons. The summed E-state index contributed by atoms with van der Waals surface area (Å²) in [6, 6.07) is 2.01. The minimum absolute atomic E-state index is 0.160. The Morgan fingerprint density at radius 2 is 1.83 bits per heavy atom. The molecule has 0 heterocycles. The van der Waals surface area contributed by atoms with E-state index in [0.717, 1.165) is 40.8 Å². The number of ketones is 1. The second-order valence-corrected chi connectivity index (χ2v) is 5.62. The summed E-state index contributed by atoms with van der Waals surface area (Å²) in [7, 11) is 0. The molecule has 98 valence electrons. The molecule has 1 saturated carbocycles. The van der Waals surface area contributed by atoms with Crippen LogP contribution in [0.5, 0.6) is 5.75 Å². The molecule has 0 aromatic heterocycles. The van der Waals surface area contributed by atoms with Crippen LogP contribution in [0, 0.1) is 26.7 Å². The van der Waals surface area contributed by atoms with Crippen molar-refractivity contribution in [2.45, 2.75) is 53.6 Å². The molecular formula is C16H22O2. The van der Waals surface area contributed by atoms with Gasteiger partial charge in [0.05, 0.1) is 6.10 Å². The van der Waals surface area contributed by atoms with E-state index in [4.69, 9.17) is 4.74 Å². The number of Topliss-reactive ketones (excluding diaryl/α,β-unsaturated/α-hetero) is 1. The molecule has 2 heteroatoms. The zero-order chi connectivity index (χ0) is 13.4. The number of benzene rings is 1. The molecule has 0 saturated heterocycles. The molecule has 18 heavy (non-hydrogen) atoms. The number of carbonyl (C=O) groups excluding carboxylic acids is 1. The van der Waals surface area contributed by atoms with Crippen LogP contribution in [0.3, 0.4) is 0 Å². The van der Waals surface area contributed by atoms with E-state index in [0.29, 0.717) is 5.78 Å². The van der Waals surface area contributed by atoms with Gasteiger partial charge >= 0.3 is 0 Å². The fraction of sp³-hybridized carbons (Fsp3) is 0.562. The van der Waals surface area contributed by atoms with Gasteiger partial charge in [0.15, 0.2) is 5.78 Å². The van der Waals surface area contributed by atoms with E-state index in [1.807, 2.05) is 40.7 Å². The van der Waals surface area contributed by atoms with Crippen LogP contribution < -0.4 is 4.74 Å². The molecule has 0 spiro atoms. The second-order valence-electron chi connectivity index (χ2n) is 5.62. The van der Waals surface area contributed by atoms with Crippen LogP contribution in [0.25, 0.3) is 0 Å². The monoisotopic (exact) mass is 246 g/mol. The predicted molar refractivity (Wildman–Crippen MR) is 73.5 cm³/mol. The first kappa shape index (κ1) is 13.1. The van der Waals surface area contributed by atoms with Gasteiger partial charge in [-0.2, -0.15) is 0 Å². The Morgan fingerprint density at radius 1 is 1.22 bits per heavy atom. The van der Waals surface area contributed by atoms with Gasteiger partial charge in [-0.1, -0.05) is 0 Å². The van der Waals surface area contributed by atoms with Crippen LogP contribution in [-0.2, 0) is 0 Å². The van der Waals surface area contributed by atoms with Crippen molar-refractivity contribution < 1.29 is 9.53 Å². The summed E-state index contributed by atoms with van der Waals surface area (Å²) in [4.78, 5) is 12.3. The Balaban J connectivity index is 2.43. The first-order chi connectivity index (χ1) is 8.41. The molecule has 0 atom stereocenters. The summed E-state index contributed by atoms with van der Waals surface area (Å²) in [5.41, 5.74) is 4.15. The van der Waals surface area contributed by atoms with E-state index in [2.05, 4.69) is 0 Å². The van der Waals surface area contributed by atoms with Crippen molar-refractivity contribution in [2.24, 2.45) is 5.92 Å². The fourth-order valence-electron chi connectivity index (χ4n) is 2.35. The van der Waals surface area contributed by atoms with Gasteiger partial charge in [-0.25, -0.2) is 0 Å². The molecule has 0 bridgehead atoms. The average Bonchev–Trinajstić information content (AvgIpc) is 3.08. The molecule has 0 N–H and O–H groups in total. The molecule has 1 fully saturated rings. The standard InChI is InChI=1S/C16H22O2/c1-9(2)18-14-8-10(3)15(12(5)11(14)4)16(17)13-6-7-13/h8-9,13H,6-7H2,1-5H3. The minimum atomic E-state index is 0.160. The van der Waals surface area contributed by atoms with Crippen LogP contribution in [0.1, 0.15) is 53.7 Å². The Morgan fingerprint density at radius 3 is 2.33 bits per heavy atom. The Kier molecular flexibility index (Phi) is 3.47. The van der Waals surface area contributed by atoms with Gasteiger partial charge in [-0.15, -0.1) is 0 Å². The second kappa shape index (κ2) is 4.75. The normalized spacial score (nSPS) is 15.0. The van der Waals surface area contributed by atoms with E-state index >= 15 is 0 Å². The maximum atomic E-state index is 12.3. The predicted octanol–water partition coefficient (Wildman–Crippen LogP) is 3.99. The van der Waals surface area contributed by atoms with Crippen LogP contribution in [-0.4, -0.2) is 11.9 Å². The molecular weight excluding hydrogens is 224 g/mol. The van der Waals surface area contributed by atoms with Gasteiger partial charge < -0.3 is 4.74 Å². The van der Waals surface area contributed by atoms with Crippen molar-refractivity contribution in [1.29, 1.82) is 0 Å². The number of carbonyl (C=O) groups is 1. The lowest BCUT2D eigenvalue weighted by Crippen LogP contribution is -2.12. The van der Waals surface area contributed by atoms with Crippen LogP contribution >= 0.6 is 0 Å². The number of hydrogen-bond acceptors (Lipinski definition) is 2. The highest BCUT2D eigenvalue weighted by Gasteiger charge is 2.32. The first-order valence-corrected chi connectivity index (χ1v) is 6.73. The first-order valence-electron chi connectivity index (χ1n) is 6.73. The van der Waals surface area contributed by atoms with E-state index in [1.54, 1.807) is 0 Å². The molecule has 1 aromatic rings. The van der Waals surface area contributed by atoms with Gasteiger partial charge in [0, 0.05) is 11.5 Å². The molecule has 1 aromatic carbocycles. The van der Waals surface area contributed by atoms with Crippen LogP contribution in [0.15, 0.2) is 6.07 Å². The molecule has 2 rings (SSSR count). The van der Waals surface area contributed by atoms with Crippen molar-refractivity contribution in [3.05, 3.63) is 28.3 Å². The van der Waals surface area contributed by atoms with E-state index in [-0.39, 0.29) is 12.0 Å². The number of hydrogen-bond donors (Lipinski definition) is 0. The summed E-state index contributed by atoms with van der Waals surface area (Å²) in [6.45, 7) is 10.1. The summed E-state index contributed by atoms with van der Waals surface area (Å²) in [6.07, 6.45) is 2.27. The Bertz CT molecular complexity index is 482. The molecule has 2 nitrogen and oxygen atoms in total. The third-order valence-corrected chi connectivity index (χ3v) is 3.61. The zero-order valence-electron chi connectivity index (χ0n) is 12.0. The summed E-state index contributed by atoms with van der Waals surface area (Å²) in [5, 5.41) is 0. The van der Waals surface area contributed by atoms with Crippen molar-refractivity contribution in [3.8, 4) is 5.75 Å². The lowest BCUT2D eigenvalue weighted by molar-refractivity contribution is 0.0966. The molecule has 0 unspecified atom stereocenters. The van der Waals surface area contributed by atoms with E-state index < -0.39 is 0 Å². The average molecular weight is 246 g/mol. The highest BCUT2D eigenvalue weighted by atomic mass is 16.5. The van der Waals surface area contributed by atoms with Gasteiger partial charge in [0.1, 0.15) is 5.75 Å². The molecule has 0 amide bonds. The van der Waals surface area contributed by atoms with E-state index in [9.17, 15) is 4.79 Å². The molecule has 1 aliphatic carbocycles. The maximum Gasteiger partial charge on any atom is 0.166 e. The minimum Gasteiger partial charge on any atom is -0.491 e. The topological polar surface area (TPSA) is 26.3 Å². The van der Waals surface area contributed by atoms with Gasteiger partial charge in [-0.05, 0) is 70.2 Å². The van der Waals surface area contributed by atoms with Gasteiger partial charge in [0.2, 0.25) is 0 Å². The molecule has 1 aliphatic rings. The summed E-state index contributed by atoms with van der Waals surface area (Å²) < 4.78 is 5.81. The number of ether oxygens (including phenoxy) is 1. The largest absolute Gasteiger partial charge is 0.491 e. The van der Waals surface area contributed by atoms with Gasteiger partial charge in [-0.3, -0.25) is 4.79 Å². The lowest BCUT2D eigenvalue weighted by Gasteiger charge is -2.18. The van der Waals surface area contributed by atoms with Crippen molar-refractivity contribution in [2.75, 3.05) is 0 Å². The van der Waals surface area contributed by atoms with E-state index in [1.165, 1.54) is 0 Å². The Labute approximate surface area is 109 Å². The quantitative estimate of drug-likeness (QED) is 0.751. The third kappa shape index (κ3) is 2.43. The van der Waals surface area contributed by atoms with Crippen molar-refractivity contribution in [3.63, 3.8) is 0 Å². The lowest BCUT2D eigenvalue weighted by atomic mass is 9.92. The fourth-order valence-corrected chi connectivity index (χ4v) is 2.35. The number of rotatable bonds is 4. The van der Waals surface area contributed by atoms with Crippen LogP contribution in [0.2, 0.25) is 0 Å². The number of aryl methyl sites for hydroxylation is 1. The van der Waals surface area contributed by atoms with Crippen molar-refractivity contribution >= 4 is 5.78 Å². The van der Waals surface area contributed by atoms with Crippen molar-refractivity contribution in [1.82, 2.24) is 0 Å². The Hall–Kier alpha value is -1.31. The molecule has 0 aliphatic heterocycles. The summed E-state index contributed by atoms with van der Waals surface area (Å²) in [5.74, 6) is 1.51. The highest BCUT2D eigenvalue weighted by Crippen LogP contribution is 2.37. The van der Waals surface area contributed by atoms with Crippen LogP contribution in [0.4, 0.5) is 0 Å². The maximum absolute atomic E-state index is 12.3. The third-order valence-electron chi connectivity index (χ3n) is 3.61. The smallest absolute Gasteiger partial charge is 0.166 e. The SMILES string of the molecule is Cc1cc(OC(C)C)c(C)c(C)c1C(=O)C1CC1. The van der Waals surface area contributed by atoms with Gasteiger partial charge in [0.25, 0.3) is 0 Å². The zero-order valence-corrected chi connectivity index (χ0v) is 12.0.